The van der Waals surface area contributed by atoms with Crippen LogP contribution in [-0.4, -0.2) is 22.9 Å². The number of carbonyl (C=O) groups is 2. The quantitative estimate of drug-likeness (QED) is 0.857. The highest BCUT2D eigenvalue weighted by atomic mass is 79.9. The minimum absolute atomic E-state index is 0.0345. The van der Waals surface area contributed by atoms with E-state index in [0.29, 0.717) is 4.47 Å². The molecular weight excluding hydrogens is 348 g/mol. The Hall–Kier alpha value is -1.50. The van der Waals surface area contributed by atoms with Gasteiger partial charge < -0.3 is 10.4 Å². The van der Waals surface area contributed by atoms with Crippen LogP contribution < -0.4 is 5.32 Å². The van der Waals surface area contributed by atoms with Crippen molar-refractivity contribution in [1.82, 2.24) is 0 Å². The molecule has 1 aliphatic rings. The highest BCUT2D eigenvalue weighted by Gasteiger charge is 2.37. The highest BCUT2D eigenvalue weighted by molar-refractivity contribution is 9.10. The summed E-state index contributed by atoms with van der Waals surface area (Å²) in [4.78, 5) is 23.2. The SMILES string of the molecule is O=C(O)c1ccc(Br)cc1NC(=O)C1CCC(F)(F)CC1. The van der Waals surface area contributed by atoms with Gasteiger partial charge in [0.25, 0.3) is 0 Å². The minimum Gasteiger partial charge on any atom is -0.478 e. The molecule has 0 heterocycles. The molecule has 4 nitrogen and oxygen atoms in total. The van der Waals surface area contributed by atoms with Crippen LogP contribution >= 0.6 is 15.9 Å². The molecule has 2 N–H and O–H groups in total. The first-order valence-corrected chi connectivity index (χ1v) is 7.29. The molecule has 1 amide bonds. The molecule has 0 unspecified atom stereocenters. The predicted molar refractivity (Wildman–Crippen MR) is 76.6 cm³/mol. The van der Waals surface area contributed by atoms with Gasteiger partial charge in [-0.15, -0.1) is 0 Å². The van der Waals surface area contributed by atoms with Crippen LogP contribution in [-0.2, 0) is 4.79 Å². The van der Waals surface area contributed by atoms with Crippen molar-refractivity contribution in [1.29, 1.82) is 0 Å². The molecular formula is C14H14BrF2NO3. The fourth-order valence-electron chi connectivity index (χ4n) is 2.34. The summed E-state index contributed by atoms with van der Waals surface area (Å²) in [5.41, 5.74) is 0.131. The van der Waals surface area contributed by atoms with E-state index >= 15 is 0 Å². The number of alkyl halides is 2. The molecule has 0 aromatic heterocycles. The van der Waals surface area contributed by atoms with Crippen molar-refractivity contribution in [2.45, 2.75) is 31.6 Å². The van der Waals surface area contributed by atoms with Crippen LogP contribution in [0, 0.1) is 5.92 Å². The summed E-state index contributed by atoms with van der Waals surface area (Å²) in [6.45, 7) is 0. The van der Waals surface area contributed by atoms with E-state index in [1.54, 1.807) is 6.07 Å². The Morgan fingerprint density at radius 2 is 1.90 bits per heavy atom. The van der Waals surface area contributed by atoms with E-state index in [0.717, 1.165) is 0 Å². The number of halogens is 3. The van der Waals surface area contributed by atoms with E-state index in [9.17, 15) is 18.4 Å². The van der Waals surface area contributed by atoms with E-state index in [1.807, 2.05) is 0 Å². The van der Waals surface area contributed by atoms with Crippen LogP contribution in [0.3, 0.4) is 0 Å². The fourth-order valence-corrected chi connectivity index (χ4v) is 2.70. The minimum atomic E-state index is -2.70. The largest absolute Gasteiger partial charge is 0.478 e. The van der Waals surface area contributed by atoms with Gasteiger partial charge in [0.1, 0.15) is 0 Å². The highest BCUT2D eigenvalue weighted by Crippen LogP contribution is 2.36. The predicted octanol–water partition coefficient (Wildman–Crippen LogP) is 3.91. The molecule has 0 atom stereocenters. The molecule has 1 aromatic rings. The molecule has 114 valence electrons. The van der Waals surface area contributed by atoms with Crippen LogP contribution in [0.5, 0.6) is 0 Å². The lowest BCUT2D eigenvalue weighted by atomic mass is 9.86. The number of carboxylic acids is 1. The summed E-state index contributed by atoms with van der Waals surface area (Å²) in [7, 11) is 0. The van der Waals surface area contributed by atoms with E-state index in [1.165, 1.54) is 12.1 Å². The van der Waals surface area contributed by atoms with Gasteiger partial charge in [0.05, 0.1) is 11.3 Å². The summed E-state index contributed by atoms with van der Waals surface area (Å²) in [6, 6.07) is 4.41. The second-order valence-corrected chi connectivity index (χ2v) is 6.03. The van der Waals surface area contributed by atoms with Gasteiger partial charge in [-0.1, -0.05) is 15.9 Å². The van der Waals surface area contributed by atoms with Gasteiger partial charge in [0.15, 0.2) is 0 Å². The van der Waals surface area contributed by atoms with Crippen molar-refractivity contribution < 1.29 is 23.5 Å². The number of rotatable bonds is 3. The third-order valence-corrected chi connectivity index (χ3v) is 4.05. The van der Waals surface area contributed by atoms with Crippen LogP contribution in [0.15, 0.2) is 22.7 Å². The van der Waals surface area contributed by atoms with Gasteiger partial charge in [-0.25, -0.2) is 13.6 Å². The van der Waals surface area contributed by atoms with E-state index in [-0.39, 0.29) is 36.9 Å². The summed E-state index contributed by atoms with van der Waals surface area (Å²) in [5, 5.41) is 11.6. The van der Waals surface area contributed by atoms with Crippen LogP contribution in [0.2, 0.25) is 0 Å². The van der Waals surface area contributed by atoms with Crippen molar-refractivity contribution in [3.8, 4) is 0 Å². The summed E-state index contributed by atoms with van der Waals surface area (Å²) < 4.78 is 26.8. The van der Waals surface area contributed by atoms with Crippen molar-refractivity contribution in [3.63, 3.8) is 0 Å². The topological polar surface area (TPSA) is 66.4 Å². The summed E-state index contributed by atoms with van der Waals surface area (Å²) in [6.07, 6.45) is -0.408. The van der Waals surface area contributed by atoms with Crippen molar-refractivity contribution in [2.24, 2.45) is 5.92 Å². The zero-order chi connectivity index (χ0) is 15.6. The molecule has 1 saturated carbocycles. The fraction of sp³-hybridized carbons (Fsp3) is 0.429. The maximum absolute atomic E-state index is 13.1. The molecule has 0 bridgehead atoms. The number of carboxylic acid groups (broad SMARTS) is 1. The summed E-state index contributed by atoms with van der Waals surface area (Å²) >= 11 is 3.20. The number of carbonyl (C=O) groups excluding carboxylic acids is 1. The molecule has 0 aliphatic heterocycles. The first-order chi connectivity index (χ1) is 9.78. The van der Waals surface area contributed by atoms with Gasteiger partial charge >= 0.3 is 5.97 Å². The first kappa shape index (κ1) is 15.9. The zero-order valence-electron chi connectivity index (χ0n) is 11.0. The molecule has 1 aromatic carbocycles. The molecule has 1 aliphatic carbocycles. The Labute approximate surface area is 128 Å². The van der Waals surface area contributed by atoms with Crippen molar-refractivity contribution in [3.05, 3.63) is 28.2 Å². The van der Waals surface area contributed by atoms with Crippen molar-refractivity contribution >= 4 is 33.5 Å². The smallest absolute Gasteiger partial charge is 0.337 e. The lowest BCUT2D eigenvalue weighted by Crippen LogP contribution is -2.32. The Kier molecular flexibility index (Phi) is 4.61. The Bertz CT molecular complexity index is 567. The maximum atomic E-state index is 13.1. The number of aromatic carboxylic acids is 1. The van der Waals surface area contributed by atoms with Gasteiger partial charge in [-0.3, -0.25) is 4.79 Å². The number of hydrogen-bond donors (Lipinski definition) is 2. The third kappa shape index (κ3) is 4.00. The molecule has 0 saturated heterocycles. The molecule has 21 heavy (non-hydrogen) atoms. The van der Waals surface area contributed by atoms with Crippen molar-refractivity contribution in [2.75, 3.05) is 5.32 Å². The zero-order valence-corrected chi connectivity index (χ0v) is 12.6. The van der Waals surface area contributed by atoms with Gasteiger partial charge in [-0.2, -0.15) is 0 Å². The Balaban J connectivity index is 2.10. The monoisotopic (exact) mass is 361 g/mol. The second kappa shape index (κ2) is 6.09. The Morgan fingerprint density at radius 3 is 2.48 bits per heavy atom. The van der Waals surface area contributed by atoms with Crippen LogP contribution in [0.25, 0.3) is 0 Å². The Morgan fingerprint density at radius 1 is 1.29 bits per heavy atom. The number of anilines is 1. The number of amides is 1. The number of nitrogens with one attached hydrogen (secondary N) is 1. The van der Waals surface area contributed by atoms with Gasteiger partial charge in [0.2, 0.25) is 11.8 Å². The van der Waals surface area contributed by atoms with E-state index < -0.39 is 23.7 Å². The van der Waals surface area contributed by atoms with E-state index in [4.69, 9.17) is 5.11 Å². The maximum Gasteiger partial charge on any atom is 0.337 e. The second-order valence-electron chi connectivity index (χ2n) is 5.11. The van der Waals surface area contributed by atoms with Gasteiger partial charge in [0, 0.05) is 23.2 Å². The normalized spacial score (nSPS) is 18.2. The van der Waals surface area contributed by atoms with Crippen LogP contribution in [0.4, 0.5) is 14.5 Å². The molecule has 0 radical (unpaired) electrons. The lowest BCUT2D eigenvalue weighted by Gasteiger charge is -2.27. The number of benzene rings is 1. The lowest BCUT2D eigenvalue weighted by molar-refractivity contribution is -0.124. The molecule has 2 rings (SSSR count). The third-order valence-electron chi connectivity index (χ3n) is 3.56. The summed E-state index contributed by atoms with van der Waals surface area (Å²) in [5.74, 6) is -4.77. The number of hydrogen-bond acceptors (Lipinski definition) is 2. The van der Waals surface area contributed by atoms with E-state index in [2.05, 4.69) is 21.2 Å². The standard InChI is InChI=1S/C14H14BrF2NO3/c15-9-1-2-10(13(20)21)11(7-9)18-12(19)8-3-5-14(16,17)6-4-8/h1-2,7-8H,3-6H2,(H,18,19)(H,20,21). The molecule has 0 spiro atoms. The molecule has 7 heteroatoms. The average Bonchev–Trinajstić information content (AvgIpc) is 2.38. The van der Waals surface area contributed by atoms with Crippen LogP contribution in [0.1, 0.15) is 36.0 Å². The first-order valence-electron chi connectivity index (χ1n) is 6.50. The molecule has 1 fully saturated rings. The van der Waals surface area contributed by atoms with Gasteiger partial charge in [-0.05, 0) is 31.0 Å². The average molecular weight is 362 g/mol.